The second-order valence-corrected chi connectivity index (χ2v) is 5.79. The highest BCUT2D eigenvalue weighted by Crippen LogP contribution is 2.23. The van der Waals surface area contributed by atoms with Crippen LogP contribution in [0.1, 0.15) is 24.1 Å². The molecule has 1 atom stereocenters. The third-order valence-corrected chi connectivity index (χ3v) is 3.92. The molecule has 21 heavy (non-hydrogen) atoms. The molecule has 4 heteroatoms. The fourth-order valence-corrected chi connectivity index (χ4v) is 2.37. The van der Waals surface area contributed by atoms with Gasteiger partial charge in [0.25, 0.3) is 0 Å². The summed E-state index contributed by atoms with van der Waals surface area (Å²) in [6.45, 7) is 2.91. The van der Waals surface area contributed by atoms with E-state index in [1.54, 1.807) is 14.2 Å². The van der Waals surface area contributed by atoms with Gasteiger partial charge in [0, 0.05) is 23.1 Å². The number of hydrogen-bond acceptors (Lipinski definition) is 3. The Morgan fingerprint density at radius 1 is 1.00 bits per heavy atom. The third-order valence-electron chi connectivity index (χ3n) is 3.39. The lowest BCUT2D eigenvalue weighted by Crippen LogP contribution is -2.18. The number of halogens is 1. The van der Waals surface area contributed by atoms with E-state index in [1.807, 2.05) is 18.2 Å². The van der Waals surface area contributed by atoms with E-state index in [4.69, 9.17) is 9.47 Å². The van der Waals surface area contributed by atoms with Crippen molar-refractivity contribution in [2.45, 2.75) is 19.5 Å². The highest BCUT2D eigenvalue weighted by molar-refractivity contribution is 9.10. The summed E-state index contributed by atoms with van der Waals surface area (Å²) in [7, 11) is 3.33. The van der Waals surface area contributed by atoms with E-state index in [-0.39, 0.29) is 6.04 Å². The maximum Gasteiger partial charge on any atom is 0.122 e. The molecule has 2 rings (SSSR count). The van der Waals surface area contributed by atoms with Crippen molar-refractivity contribution >= 4 is 15.9 Å². The molecule has 0 saturated carbocycles. The van der Waals surface area contributed by atoms with Gasteiger partial charge in [-0.05, 0) is 42.3 Å². The van der Waals surface area contributed by atoms with Gasteiger partial charge >= 0.3 is 0 Å². The van der Waals surface area contributed by atoms with Crippen molar-refractivity contribution in [1.82, 2.24) is 5.32 Å². The van der Waals surface area contributed by atoms with E-state index in [9.17, 15) is 0 Å². The van der Waals surface area contributed by atoms with Crippen molar-refractivity contribution in [1.29, 1.82) is 0 Å². The molecule has 0 bridgehead atoms. The van der Waals surface area contributed by atoms with Crippen LogP contribution in [0.2, 0.25) is 0 Å². The van der Waals surface area contributed by atoms with Gasteiger partial charge in [0.2, 0.25) is 0 Å². The minimum absolute atomic E-state index is 0.273. The van der Waals surface area contributed by atoms with Crippen LogP contribution in [-0.2, 0) is 6.54 Å². The summed E-state index contributed by atoms with van der Waals surface area (Å²) in [6, 6.07) is 14.5. The third kappa shape index (κ3) is 4.48. The largest absolute Gasteiger partial charge is 0.497 e. The summed E-state index contributed by atoms with van der Waals surface area (Å²) in [5.41, 5.74) is 2.39. The van der Waals surface area contributed by atoms with Gasteiger partial charge in [0.15, 0.2) is 0 Å². The quantitative estimate of drug-likeness (QED) is 0.842. The zero-order valence-corrected chi connectivity index (χ0v) is 14.1. The van der Waals surface area contributed by atoms with Crippen molar-refractivity contribution in [2.24, 2.45) is 0 Å². The molecule has 2 aromatic rings. The molecule has 0 spiro atoms. The molecule has 0 radical (unpaired) electrons. The van der Waals surface area contributed by atoms with Gasteiger partial charge in [-0.15, -0.1) is 0 Å². The first-order valence-corrected chi connectivity index (χ1v) is 7.62. The maximum atomic E-state index is 5.29. The van der Waals surface area contributed by atoms with Crippen molar-refractivity contribution in [3.63, 3.8) is 0 Å². The summed E-state index contributed by atoms with van der Waals surface area (Å²) >= 11 is 3.45. The Labute approximate surface area is 134 Å². The van der Waals surface area contributed by atoms with Crippen molar-refractivity contribution < 1.29 is 9.47 Å². The van der Waals surface area contributed by atoms with Gasteiger partial charge in [-0.2, -0.15) is 0 Å². The Morgan fingerprint density at radius 2 is 1.57 bits per heavy atom. The number of ether oxygens (including phenoxy) is 2. The molecular formula is C17H20BrNO2. The zero-order chi connectivity index (χ0) is 15.2. The molecule has 0 aromatic heterocycles. The normalized spacial score (nSPS) is 12.0. The smallest absolute Gasteiger partial charge is 0.122 e. The van der Waals surface area contributed by atoms with Crippen LogP contribution in [0.4, 0.5) is 0 Å². The number of benzene rings is 2. The molecule has 0 heterocycles. The molecule has 0 aliphatic rings. The van der Waals surface area contributed by atoms with Crippen molar-refractivity contribution in [3.8, 4) is 11.5 Å². The fourth-order valence-electron chi connectivity index (χ4n) is 2.11. The van der Waals surface area contributed by atoms with Gasteiger partial charge in [-0.1, -0.05) is 28.1 Å². The Hall–Kier alpha value is -1.52. The van der Waals surface area contributed by atoms with Crippen LogP contribution < -0.4 is 14.8 Å². The summed E-state index contributed by atoms with van der Waals surface area (Å²) in [5, 5.41) is 3.51. The van der Waals surface area contributed by atoms with E-state index in [1.165, 1.54) is 5.56 Å². The second kappa shape index (κ2) is 7.48. The molecule has 112 valence electrons. The molecule has 0 saturated heterocycles. The zero-order valence-electron chi connectivity index (χ0n) is 12.5. The van der Waals surface area contributed by atoms with Crippen LogP contribution in [0.25, 0.3) is 0 Å². The average molecular weight is 350 g/mol. The first-order chi connectivity index (χ1) is 10.1. The van der Waals surface area contributed by atoms with Gasteiger partial charge in [0.1, 0.15) is 11.5 Å². The molecule has 0 amide bonds. The molecule has 1 N–H and O–H groups in total. The van der Waals surface area contributed by atoms with Crippen molar-refractivity contribution in [2.75, 3.05) is 14.2 Å². The summed E-state index contributed by atoms with van der Waals surface area (Å²) < 4.78 is 11.7. The number of hydrogen-bond donors (Lipinski definition) is 1. The van der Waals surface area contributed by atoms with Gasteiger partial charge < -0.3 is 14.8 Å². The maximum absolute atomic E-state index is 5.29. The monoisotopic (exact) mass is 349 g/mol. The Bertz CT molecular complexity index is 562. The van der Waals surface area contributed by atoms with Gasteiger partial charge in [0.05, 0.1) is 14.2 Å². The molecule has 0 unspecified atom stereocenters. The van der Waals surface area contributed by atoms with Gasteiger partial charge in [-0.3, -0.25) is 0 Å². The van der Waals surface area contributed by atoms with Gasteiger partial charge in [-0.25, -0.2) is 0 Å². The lowest BCUT2D eigenvalue weighted by atomic mass is 10.1. The standard InChI is InChI=1S/C17H20BrNO2/c1-12(14-4-6-15(18)7-5-14)19-11-13-8-16(20-2)10-17(9-13)21-3/h4-10,12,19H,11H2,1-3H3/t12-/m1/s1. The van der Waals surface area contributed by atoms with E-state index in [0.29, 0.717) is 0 Å². The fraction of sp³-hybridized carbons (Fsp3) is 0.294. The van der Waals surface area contributed by atoms with Crippen LogP contribution in [0.15, 0.2) is 46.9 Å². The number of methoxy groups -OCH3 is 2. The minimum atomic E-state index is 0.273. The van der Waals surface area contributed by atoms with Crippen LogP contribution in [0.5, 0.6) is 11.5 Å². The highest BCUT2D eigenvalue weighted by atomic mass is 79.9. The molecule has 2 aromatic carbocycles. The molecule has 3 nitrogen and oxygen atoms in total. The summed E-state index contributed by atoms with van der Waals surface area (Å²) in [6.07, 6.45) is 0. The lowest BCUT2D eigenvalue weighted by Gasteiger charge is -2.15. The van der Waals surface area contributed by atoms with Crippen LogP contribution in [0, 0.1) is 0 Å². The average Bonchev–Trinajstić information content (AvgIpc) is 2.52. The lowest BCUT2D eigenvalue weighted by molar-refractivity contribution is 0.392. The molecule has 0 aliphatic carbocycles. The highest BCUT2D eigenvalue weighted by Gasteiger charge is 2.06. The Kier molecular flexibility index (Phi) is 5.65. The van der Waals surface area contributed by atoms with Crippen LogP contribution in [-0.4, -0.2) is 14.2 Å². The summed E-state index contributed by atoms with van der Waals surface area (Å²) in [4.78, 5) is 0. The number of nitrogens with one attached hydrogen (secondary N) is 1. The molecule has 0 aliphatic heterocycles. The predicted molar refractivity (Wildman–Crippen MR) is 88.9 cm³/mol. The minimum Gasteiger partial charge on any atom is -0.497 e. The topological polar surface area (TPSA) is 30.5 Å². The van der Waals surface area contributed by atoms with Crippen LogP contribution >= 0.6 is 15.9 Å². The first-order valence-electron chi connectivity index (χ1n) is 6.83. The molecule has 0 fully saturated rings. The number of rotatable bonds is 6. The second-order valence-electron chi connectivity index (χ2n) is 4.88. The Morgan fingerprint density at radius 3 is 2.10 bits per heavy atom. The van der Waals surface area contributed by atoms with E-state index in [0.717, 1.165) is 28.1 Å². The first kappa shape index (κ1) is 15.9. The predicted octanol–water partition coefficient (Wildman–Crippen LogP) is 4.32. The summed E-state index contributed by atoms with van der Waals surface area (Å²) in [5.74, 6) is 1.62. The Balaban J connectivity index is 2.03. The van der Waals surface area contributed by atoms with E-state index >= 15 is 0 Å². The van der Waals surface area contributed by atoms with E-state index < -0.39 is 0 Å². The van der Waals surface area contributed by atoms with E-state index in [2.05, 4.69) is 52.4 Å². The van der Waals surface area contributed by atoms with Crippen LogP contribution in [0.3, 0.4) is 0 Å². The SMILES string of the molecule is COc1cc(CN[C@H](C)c2ccc(Br)cc2)cc(OC)c1. The van der Waals surface area contributed by atoms with Crippen molar-refractivity contribution in [3.05, 3.63) is 58.1 Å². The molecular weight excluding hydrogens is 330 g/mol.